The molecule has 0 saturated carbocycles. The van der Waals surface area contributed by atoms with Crippen LogP contribution in [0.3, 0.4) is 0 Å². The van der Waals surface area contributed by atoms with Crippen LogP contribution in [0.4, 0.5) is 0 Å². The first-order chi connectivity index (χ1) is 7.15. The number of aryl methyl sites for hydroxylation is 1. The Kier molecular flexibility index (Phi) is 5.51. The molecule has 0 spiro atoms. The van der Waals surface area contributed by atoms with Crippen molar-refractivity contribution in [3.63, 3.8) is 0 Å². The molecule has 0 amide bonds. The van der Waals surface area contributed by atoms with E-state index in [0.717, 1.165) is 21.9 Å². The van der Waals surface area contributed by atoms with Gasteiger partial charge in [0.1, 0.15) is 0 Å². The number of hydrogen-bond acceptors (Lipinski definition) is 2. The van der Waals surface area contributed by atoms with Gasteiger partial charge in [0, 0.05) is 16.8 Å². The van der Waals surface area contributed by atoms with Gasteiger partial charge in [0.2, 0.25) is 0 Å². The standard InChI is InChI=1S/C12H18ClNS/c1-3-6-15-8-12(14)10-5-4-9(2)11(13)7-10/h4-5,7,12H,3,6,8,14H2,1-2H3. The molecule has 0 fully saturated rings. The molecule has 0 aromatic heterocycles. The molecule has 0 radical (unpaired) electrons. The maximum Gasteiger partial charge on any atom is 0.0438 e. The summed E-state index contributed by atoms with van der Waals surface area (Å²) in [4.78, 5) is 0. The Morgan fingerprint density at radius 3 is 2.80 bits per heavy atom. The summed E-state index contributed by atoms with van der Waals surface area (Å²) < 4.78 is 0. The number of nitrogens with two attached hydrogens (primary N) is 1. The Labute approximate surface area is 101 Å². The van der Waals surface area contributed by atoms with Crippen LogP contribution < -0.4 is 5.73 Å². The van der Waals surface area contributed by atoms with Crippen molar-refractivity contribution in [1.29, 1.82) is 0 Å². The summed E-state index contributed by atoms with van der Waals surface area (Å²) >= 11 is 7.96. The van der Waals surface area contributed by atoms with Gasteiger partial charge in [-0.25, -0.2) is 0 Å². The number of hydrogen-bond donors (Lipinski definition) is 1. The minimum absolute atomic E-state index is 0.0969. The van der Waals surface area contributed by atoms with Crippen LogP contribution in [0.15, 0.2) is 18.2 Å². The fourth-order valence-corrected chi connectivity index (χ4v) is 2.38. The second-order valence-electron chi connectivity index (χ2n) is 3.69. The first-order valence-electron chi connectivity index (χ1n) is 5.24. The topological polar surface area (TPSA) is 26.0 Å². The Bertz CT molecular complexity index is 314. The average Bonchev–Trinajstić information content (AvgIpc) is 2.22. The highest BCUT2D eigenvalue weighted by atomic mass is 35.5. The largest absolute Gasteiger partial charge is 0.323 e. The molecular weight excluding hydrogens is 226 g/mol. The first-order valence-corrected chi connectivity index (χ1v) is 6.77. The number of thioether (sulfide) groups is 1. The number of rotatable bonds is 5. The third-order valence-electron chi connectivity index (χ3n) is 2.27. The lowest BCUT2D eigenvalue weighted by Gasteiger charge is -2.12. The molecule has 0 saturated heterocycles. The lowest BCUT2D eigenvalue weighted by molar-refractivity contribution is 0.830. The van der Waals surface area contributed by atoms with E-state index in [0.29, 0.717) is 0 Å². The fraction of sp³-hybridized carbons (Fsp3) is 0.500. The molecule has 15 heavy (non-hydrogen) atoms. The zero-order valence-corrected chi connectivity index (χ0v) is 10.9. The van der Waals surface area contributed by atoms with Crippen LogP contribution in [0, 0.1) is 6.92 Å². The number of halogens is 1. The van der Waals surface area contributed by atoms with E-state index < -0.39 is 0 Å². The molecule has 1 aromatic carbocycles. The van der Waals surface area contributed by atoms with Crippen LogP contribution in [0.5, 0.6) is 0 Å². The lowest BCUT2D eigenvalue weighted by atomic mass is 10.1. The Morgan fingerprint density at radius 1 is 1.47 bits per heavy atom. The van der Waals surface area contributed by atoms with E-state index in [1.54, 1.807) is 0 Å². The molecule has 1 atom stereocenters. The van der Waals surface area contributed by atoms with E-state index in [1.807, 2.05) is 30.8 Å². The van der Waals surface area contributed by atoms with Crippen LogP contribution in [0.1, 0.15) is 30.5 Å². The molecule has 1 nitrogen and oxygen atoms in total. The van der Waals surface area contributed by atoms with Crippen molar-refractivity contribution in [2.75, 3.05) is 11.5 Å². The predicted octanol–water partition coefficient (Wildman–Crippen LogP) is 3.79. The Hall–Kier alpha value is -0.180. The smallest absolute Gasteiger partial charge is 0.0438 e. The summed E-state index contributed by atoms with van der Waals surface area (Å²) in [5, 5.41) is 0.809. The van der Waals surface area contributed by atoms with Gasteiger partial charge in [0.05, 0.1) is 0 Å². The van der Waals surface area contributed by atoms with Gasteiger partial charge < -0.3 is 5.73 Å². The van der Waals surface area contributed by atoms with Gasteiger partial charge in [-0.3, -0.25) is 0 Å². The molecule has 0 aliphatic heterocycles. The third-order valence-corrected chi connectivity index (χ3v) is 3.97. The first kappa shape index (κ1) is 12.9. The summed E-state index contributed by atoms with van der Waals surface area (Å²) in [6.07, 6.45) is 1.20. The molecule has 3 heteroatoms. The summed E-state index contributed by atoms with van der Waals surface area (Å²) in [5.74, 6) is 2.14. The highest BCUT2D eigenvalue weighted by Gasteiger charge is 2.07. The lowest BCUT2D eigenvalue weighted by Crippen LogP contribution is -2.13. The minimum Gasteiger partial charge on any atom is -0.323 e. The molecule has 84 valence electrons. The molecule has 0 heterocycles. The minimum atomic E-state index is 0.0969. The highest BCUT2D eigenvalue weighted by molar-refractivity contribution is 7.99. The van der Waals surface area contributed by atoms with Gasteiger partial charge in [-0.05, 0) is 36.3 Å². The molecule has 1 aromatic rings. The predicted molar refractivity (Wildman–Crippen MR) is 70.7 cm³/mol. The van der Waals surface area contributed by atoms with Gasteiger partial charge in [-0.1, -0.05) is 30.7 Å². The van der Waals surface area contributed by atoms with Crippen LogP contribution in [0.25, 0.3) is 0 Å². The molecule has 0 bridgehead atoms. The maximum absolute atomic E-state index is 6.08. The van der Waals surface area contributed by atoms with E-state index in [1.165, 1.54) is 12.2 Å². The molecule has 0 aliphatic carbocycles. The van der Waals surface area contributed by atoms with E-state index >= 15 is 0 Å². The molecule has 1 rings (SSSR count). The highest BCUT2D eigenvalue weighted by Crippen LogP contribution is 2.22. The summed E-state index contributed by atoms with van der Waals surface area (Å²) in [6.45, 7) is 4.19. The third kappa shape index (κ3) is 4.06. The van der Waals surface area contributed by atoms with E-state index in [4.69, 9.17) is 17.3 Å². The quantitative estimate of drug-likeness (QED) is 0.797. The van der Waals surface area contributed by atoms with Crippen molar-refractivity contribution in [3.05, 3.63) is 34.3 Å². The van der Waals surface area contributed by atoms with E-state index in [9.17, 15) is 0 Å². The monoisotopic (exact) mass is 243 g/mol. The molecule has 2 N–H and O–H groups in total. The van der Waals surface area contributed by atoms with Gasteiger partial charge in [-0.15, -0.1) is 0 Å². The molecular formula is C12H18ClNS. The van der Waals surface area contributed by atoms with Gasteiger partial charge in [-0.2, -0.15) is 11.8 Å². The average molecular weight is 244 g/mol. The van der Waals surface area contributed by atoms with Crippen molar-refractivity contribution in [1.82, 2.24) is 0 Å². The van der Waals surface area contributed by atoms with Gasteiger partial charge >= 0.3 is 0 Å². The van der Waals surface area contributed by atoms with Crippen LogP contribution in [0.2, 0.25) is 5.02 Å². The van der Waals surface area contributed by atoms with Gasteiger partial charge in [0.25, 0.3) is 0 Å². The summed E-state index contributed by atoms with van der Waals surface area (Å²) in [5.41, 5.74) is 8.31. The maximum atomic E-state index is 6.08. The van der Waals surface area contributed by atoms with Crippen molar-refractivity contribution >= 4 is 23.4 Å². The summed E-state index contributed by atoms with van der Waals surface area (Å²) in [6, 6.07) is 6.17. The number of benzene rings is 1. The van der Waals surface area contributed by atoms with Crippen molar-refractivity contribution in [3.8, 4) is 0 Å². The second-order valence-corrected chi connectivity index (χ2v) is 5.25. The molecule has 0 aliphatic rings. The van der Waals surface area contributed by atoms with Crippen molar-refractivity contribution in [2.24, 2.45) is 5.73 Å². The summed E-state index contributed by atoms with van der Waals surface area (Å²) in [7, 11) is 0. The SMILES string of the molecule is CCCSCC(N)c1ccc(C)c(Cl)c1. The Balaban J connectivity index is 2.57. The second kappa shape index (κ2) is 6.41. The van der Waals surface area contributed by atoms with E-state index in [-0.39, 0.29) is 6.04 Å². The van der Waals surface area contributed by atoms with Crippen LogP contribution in [-0.2, 0) is 0 Å². The van der Waals surface area contributed by atoms with Crippen molar-refractivity contribution < 1.29 is 0 Å². The molecule has 1 unspecified atom stereocenters. The van der Waals surface area contributed by atoms with E-state index in [2.05, 4.69) is 13.0 Å². The van der Waals surface area contributed by atoms with Crippen molar-refractivity contribution in [2.45, 2.75) is 26.3 Å². The van der Waals surface area contributed by atoms with Crippen LogP contribution >= 0.6 is 23.4 Å². The van der Waals surface area contributed by atoms with Gasteiger partial charge in [0.15, 0.2) is 0 Å². The van der Waals surface area contributed by atoms with Crippen LogP contribution in [-0.4, -0.2) is 11.5 Å². The normalized spacial score (nSPS) is 12.8. The zero-order chi connectivity index (χ0) is 11.3. The zero-order valence-electron chi connectivity index (χ0n) is 9.29. The fourth-order valence-electron chi connectivity index (χ4n) is 1.29. The Morgan fingerprint density at radius 2 is 2.20 bits per heavy atom.